The molecule has 0 N–H and O–H groups in total. The summed E-state index contributed by atoms with van der Waals surface area (Å²) in [6.07, 6.45) is -1.42. The van der Waals surface area contributed by atoms with Crippen molar-refractivity contribution in [2.45, 2.75) is 58.5 Å². The number of ether oxygens (including phenoxy) is 2. The second-order valence-electron chi connectivity index (χ2n) is 9.01. The Hall–Kier alpha value is -2.35. The first-order valence-electron chi connectivity index (χ1n) is 10.9. The van der Waals surface area contributed by atoms with Crippen LogP contribution < -0.4 is 0 Å². The van der Waals surface area contributed by atoms with Crippen LogP contribution in [0.1, 0.15) is 39.2 Å². The number of rotatable bonds is 6. The molecule has 5 nitrogen and oxygen atoms in total. The quantitative estimate of drug-likeness (QED) is 0.470. The van der Waals surface area contributed by atoms with Crippen molar-refractivity contribution in [1.82, 2.24) is 4.90 Å². The van der Waals surface area contributed by atoms with Crippen molar-refractivity contribution >= 4 is 11.9 Å². The third-order valence-electron chi connectivity index (χ3n) is 6.57. The largest absolute Gasteiger partial charge is 0.471 e. The number of esters is 1. The molecule has 0 spiro atoms. The molecule has 4 atom stereocenters. The molecular formula is C24H30F3NO4. The van der Waals surface area contributed by atoms with Crippen LogP contribution in [0.15, 0.2) is 42.5 Å². The van der Waals surface area contributed by atoms with E-state index in [4.69, 9.17) is 9.47 Å². The fraction of sp³-hybridized carbons (Fsp3) is 0.583. The van der Waals surface area contributed by atoms with Crippen LogP contribution in [0.25, 0.3) is 0 Å². The lowest BCUT2D eigenvalue weighted by Crippen LogP contribution is -2.56. The van der Waals surface area contributed by atoms with E-state index in [1.54, 1.807) is 19.1 Å². The van der Waals surface area contributed by atoms with Gasteiger partial charge in [0.25, 0.3) is 0 Å². The second kappa shape index (κ2) is 9.65. The summed E-state index contributed by atoms with van der Waals surface area (Å²) in [5.74, 6) is -2.83. The molecule has 0 aromatic heterocycles. The third-order valence-corrected chi connectivity index (χ3v) is 6.57. The molecule has 1 heterocycles. The van der Waals surface area contributed by atoms with Crippen LogP contribution in [0.4, 0.5) is 13.2 Å². The van der Waals surface area contributed by atoms with E-state index in [1.165, 1.54) is 0 Å². The van der Waals surface area contributed by atoms with Crippen molar-refractivity contribution in [2.24, 2.45) is 17.3 Å². The standard InChI is InChI=1S/C24H30F3NO4/c1-16(2)23(22(30)32-15-18-7-5-4-6-8-18)11-9-19(13-23)28(21(29)24(25,26)27)20-10-12-31-14-17(20)3/h4-9,11,16-17,19-20H,10,12-15H2,1-3H3/t17-,19?,20?,23-/m0/s1. The van der Waals surface area contributed by atoms with Gasteiger partial charge in [-0.3, -0.25) is 9.59 Å². The maximum Gasteiger partial charge on any atom is 0.471 e. The zero-order chi connectivity index (χ0) is 23.5. The molecule has 8 heteroatoms. The highest BCUT2D eigenvalue weighted by Gasteiger charge is 2.53. The molecule has 32 heavy (non-hydrogen) atoms. The van der Waals surface area contributed by atoms with Gasteiger partial charge in [-0.1, -0.05) is 63.3 Å². The maximum atomic E-state index is 13.5. The SMILES string of the molecule is CC(C)[C@]1(C(=O)OCc2ccccc2)C=CC(N(C(=O)C(F)(F)F)C2CCOC[C@@H]2C)C1. The van der Waals surface area contributed by atoms with E-state index in [-0.39, 0.29) is 31.5 Å². The summed E-state index contributed by atoms with van der Waals surface area (Å²) in [5, 5.41) is 0. The number of alkyl halides is 3. The zero-order valence-electron chi connectivity index (χ0n) is 18.6. The van der Waals surface area contributed by atoms with E-state index in [0.717, 1.165) is 10.5 Å². The first kappa shape index (κ1) is 24.3. The van der Waals surface area contributed by atoms with Crippen LogP contribution >= 0.6 is 0 Å². The molecule has 1 fully saturated rings. The lowest BCUT2D eigenvalue weighted by molar-refractivity contribution is -0.193. The van der Waals surface area contributed by atoms with Crippen molar-refractivity contribution in [2.75, 3.05) is 13.2 Å². The maximum absolute atomic E-state index is 13.5. The Labute approximate surface area is 186 Å². The summed E-state index contributed by atoms with van der Waals surface area (Å²) in [4.78, 5) is 26.5. The molecular weight excluding hydrogens is 423 g/mol. The highest BCUT2D eigenvalue weighted by Crippen LogP contribution is 2.44. The fourth-order valence-corrected chi connectivity index (χ4v) is 4.60. The van der Waals surface area contributed by atoms with Crippen LogP contribution in [0.2, 0.25) is 0 Å². The van der Waals surface area contributed by atoms with Crippen molar-refractivity contribution in [3.63, 3.8) is 0 Å². The topological polar surface area (TPSA) is 55.8 Å². The minimum atomic E-state index is -5.00. The molecule has 176 valence electrons. The average Bonchev–Trinajstić information content (AvgIpc) is 3.20. The van der Waals surface area contributed by atoms with Crippen LogP contribution in [-0.4, -0.2) is 48.3 Å². The first-order valence-corrected chi connectivity index (χ1v) is 10.9. The molecule has 2 aliphatic rings. The van der Waals surface area contributed by atoms with Crippen LogP contribution in [-0.2, 0) is 25.7 Å². The number of halogens is 3. The van der Waals surface area contributed by atoms with E-state index in [9.17, 15) is 22.8 Å². The Balaban J connectivity index is 1.83. The number of amides is 1. The Morgan fingerprint density at radius 3 is 2.53 bits per heavy atom. The van der Waals surface area contributed by atoms with Crippen molar-refractivity contribution in [1.29, 1.82) is 0 Å². The minimum absolute atomic E-state index is 0.0597. The molecule has 0 saturated carbocycles. The highest BCUT2D eigenvalue weighted by atomic mass is 19.4. The van der Waals surface area contributed by atoms with Gasteiger partial charge in [0.1, 0.15) is 6.61 Å². The molecule has 2 unspecified atom stereocenters. The van der Waals surface area contributed by atoms with Gasteiger partial charge in [0.05, 0.1) is 18.1 Å². The van der Waals surface area contributed by atoms with Crippen LogP contribution in [0, 0.1) is 17.3 Å². The molecule has 0 radical (unpaired) electrons. The number of nitrogens with zero attached hydrogens (tertiary/aromatic N) is 1. The lowest BCUT2D eigenvalue weighted by Gasteiger charge is -2.42. The number of carbonyl (C=O) groups is 2. The monoisotopic (exact) mass is 453 g/mol. The fourth-order valence-electron chi connectivity index (χ4n) is 4.60. The van der Waals surface area contributed by atoms with Gasteiger partial charge in [-0.05, 0) is 24.3 Å². The molecule has 1 aliphatic heterocycles. The van der Waals surface area contributed by atoms with Crippen molar-refractivity contribution < 1.29 is 32.2 Å². The summed E-state index contributed by atoms with van der Waals surface area (Å²) < 4.78 is 51.5. The minimum Gasteiger partial charge on any atom is -0.460 e. The van der Waals surface area contributed by atoms with Crippen molar-refractivity contribution in [3.05, 3.63) is 48.0 Å². The molecule has 1 aromatic carbocycles. The molecule has 3 rings (SSSR count). The predicted octanol–water partition coefficient (Wildman–Crippen LogP) is 4.52. The first-order chi connectivity index (χ1) is 15.1. The Morgan fingerprint density at radius 1 is 1.25 bits per heavy atom. The molecule has 1 aromatic rings. The van der Waals surface area contributed by atoms with E-state index < -0.39 is 35.6 Å². The van der Waals surface area contributed by atoms with E-state index in [2.05, 4.69) is 0 Å². The summed E-state index contributed by atoms with van der Waals surface area (Å²) in [6.45, 7) is 6.11. The Kier molecular flexibility index (Phi) is 7.32. The number of benzene rings is 1. The van der Waals surface area contributed by atoms with Gasteiger partial charge in [0.2, 0.25) is 0 Å². The van der Waals surface area contributed by atoms with Gasteiger partial charge in [0.15, 0.2) is 0 Å². The summed E-state index contributed by atoms with van der Waals surface area (Å²) in [7, 11) is 0. The molecule has 1 saturated heterocycles. The van der Waals surface area contributed by atoms with Gasteiger partial charge >= 0.3 is 18.1 Å². The Morgan fingerprint density at radius 2 is 1.94 bits per heavy atom. The number of hydrogen-bond donors (Lipinski definition) is 0. The molecule has 1 aliphatic carbocycles. The third kappa shape index (κ3) is 5.00. The summed E-state index contributed by atoms with van der Waals surface area (Å²) in [5.41, 5.74) is -0.277. The van der Waals surface area contributed by atoms with Gasteiger partial charge in [-0.2, -0.15) is 13.2 Å². The summed E-state index contributed by atoms with van der Waals surface area (Å²) in [6, 6.07) is 7.73. The number of carbonyl (C=O) groups excluding carboxylic acids is 2. The smallest absolute Gasteiger partial charge is 0.460 e. The zero-order valence-corrected chi connectivity index (χ0v) is 18.6. The second-order valence-corrected chi connectivity index (χ2v) is 9.01. The average molecular weight is 454 g/mol. The lowest BCUT2D eigenvalue weighted by atomic mass is 9.76. The van der Waals surface area contributed by atoms with Gasteiger partial charge in [-0.15, -0.1) is 0 Å². The molecule has 1 amide bonds. The normalized spacial score (nSPS) is 28.0. The van der Waals surface area contributed by atoms with Gasteiger partial charge in [-0.25, -0.2) is 0 Å². The van der Waals surface area contributed by atoms with E-state index in [0.29, 0.717) is 13.0 Å². The van der Waals surface area contributed by atoms with Crippen molar-refractivity contribution in [3.8, 4) is 0 Å². The highest BCUT2D eigenvalue weighted by molar-refractivity contribution is 5.84. The number of hydrogen-bond acceptors (Lipinski definition) is 4. The summed E-state index contributed by atoms with van der Waals surface area (Å²) >= 11 is 0. The van der Waals surface area contributed by atoms with E-state index >= 15 is 0 Å². The van der Waals surface area contributed by atoms with Gasteiger partial charge < -0.3 is 14.4 Å². The van der Waals surface area contributed by atoms with Crippen LogP contribution in [0.5, 0.6) is 0 Å². The predicted molar refractivity (Wildman–Crippen MR) is 112 cm³/mol. The Bertz CT molecular complexity index is 839. The van der Waals surface area contributed by atoms with Crippen LogP contribution in [0.3, 0.4) is 0 Å². The molecule has 0 bridgehead atoms. The van der Waals surface area contributed by atoms with E-state index in [1.807, 2.05) is 44.2 Å². The van der Waals surface area contributed by atoms with Gasteiger partial charge in [0, 0.05) is 18.6 Å².